The summed E-state index contributed by atoms with van der Waals surface area (Å²) in [4.78, 5) is 4.56. The monoisotopic (exact) mass is 395 g/mol. The Balaban J connectivity index is 2.74. The Morgan fingerprint density at radius 2 is 2.10 bits per heavy atom. The normalized spacial score (nSPS) is 13.5. The predicted octanol–water partition coefficient (Wildman–Crippen LogP) is 6.11. The Labute approximate surface area is 143 Å². The Morgan fingerprint density at radius 1 is 1.33 bits per heavy atom. The highest BCUT2D eigenvalue weighted by Gasteiger charge is 2.19. The summed E-state index contributed by atoms with van der Waals surface area (Å²) >= 11 is 2.44. The molecule has 1 nitrogen and oxygen atoms in total. The molecule has 0 radical (unpaired) electrons. The molecule has 1 rings (SSSR count). The molecule has 21 heavy (non-hydrogen) atoms. The van der Waals surface area contributed by atoms with Gasteiger partial charge in [-0.05, 0) is 54.2 Å². The van der Waals surface area contributed by atoms with Crippen molar-refractivity contribution in [3.05, 3.63) is 59.5 Å². The summed E-state index contributed by atoms with van der Waals surface area (Å²) in [7, 11) is 0. The maximum atomic E-state index is 4.56. The number of nitrogens with zero attached hydrogens (tertiary/aromatic N) is 1. The molecule has 1 aromatic heterocycles. The molecular weight excluding hydrogens is 369 g/mol. The average Bonchev–Trinajstić information content (AvgIpc) is 2.46. The van der Waals surface area contributed by atoms with E-state index in [1.54, 1.807) is 0 Å². The minimum absolute atomic E-state index is 0.211. The maximum absolute atomic E-state index is 4.56. The van der Waals surface area contributed by atoms with Gasteiger partial charge in [-0.3, -0.25) is 4.98 Å². The molecule has 0 atom stereocenters. The van der Waals surface area contributed by atoms with Crippen LogP contribution in [0.2, 0.25) is 0 Å². The average molecular weight is 395 g/mol. The van der Waals surface area contributed by atoms with Crippen LogP contribution in [0.5, 0.6) is 0 Å². The molecule has 0 N–H and O–H groups in total. The SMILES string of the molecule is C/C=C/C(C)=C\C=C\c1ccc(C(C)(C)CCCI)cn1. The largest absolute Gasteiger partial charge is 0.257 e. The van der Waals surface area contributed by atoms with Crippen molar-refractivity contribution < 1.29 is 0 Å². The van der Waals surface area contributed by atoms with Crippen LogP contribution < -0.4 is 0 Å². The van der Waals surface area contributed by atoms with E-state index < -0.39 is 0 Å². The van der Waals surface area contributed by atoms with Crippen molar-refractivity contribution in [2.24, 2.45) is 0 Å². The number of hydrogen-bond acceptors (Lipinski definition) is 1. The summed E-state index contributed by atoms with van der Waals surface area (Å²) < 4.78 is 1.22. The first-order chi connectivity index (χ1) is 9.99. The molecule has 1 aromatic rings. The zero-order chi connectivity index (χ0) is 15.7. The highest BCUT2D eigenvalue weighted by atomic mass is 127. The van der Waals surface area contributed by atoms with Crippen molar-refractivity contribution >= 4 is 28.7 Å². The molecule has 1 heterocycles. The number of pyridine rings is 1. The number of halogens is 1. The van der Waals surface area contributed by atoms with Crippen LogP contribution in [0, 0.1) is 0 Å². The van der Waals surface area contributed by atoms with E-state index in [1.165, 1.54) is 28.4 Å². The quantitative estimate of drug-likeness (QED) is 0.308. The molecule has 0 unspecified atom stereocenters. The molecule has 0 aliphatic rings. The summed E-state index contributed by atoms with van der Waals surface area (Å²) in [5, 5.41) is 0. The molecule has 0 bridgehead atoms. The number of aromatic nitrogens is 1. The Kier molecular flexibility index (Phi) is 7.94. The van der Waals surface area contributed by atoms with Gasteiger partial charge in [0.25, 0.3) is 0 Å². The smallest absolute Gasteiger partial charge is 0.0629 e. The van der Waals surface area contributed by atoms with Gasteiger partial charge in [0.2, 0.25) is 0 Å². The van der Waals surface area contributed by atoms with E-state index in [2.05, 4.69) is 84.8 Å². The number of hydrogen-bond donors (Lipinski definition) is 0. The summed E-state index contributed by atoms with van der Waals surface area (Å²) in [6, 6.07) is 4.32. The zero-order valence-electron chi connectivity index (χ0n) is 13.6. The van der Waals surface area contributed by atoms with Gasteiger partial charge < -0.3 is 0 Å². The topological polar surface area (TPSA) is 12.9 Å². The first-order valence-corrected chi connectivity index (χ1v) is 9.02. The van der Waals surface area contributed by atoms with E-state index >= 15 is 0 Å². The van der Waals surface area contributed by atoms with Crippen molar-refractivity contribution in [3.63, 3.8) is 0 Å². The van der Waals surface area contributed by atoms with Gasteiger partial charge in [0.1, 0.15) is 0 Å². The second-order valence-corrected chi connectivity index (χ2v) is 7.00. The minimum atomic E-state index is 0.211. The third-order valence-corrected chi connectivity index (χ3v) is 4.32. The van der Waals surface area contributed by atoms with Crippen LogP contribution in [0.3, 0.4) is 0 Å². The predicted molar refractivity (Wildman–Crippen MR) is 103 cm³/mol. The zero-order valence-corrected chi connectivity index (χ0v) is 15.7. The van der Waals surface area contributed by atoms with Crippen molar-refractivity contribution in [2.75, 3.05) is 4.43 Å². The highest BCUT2D eigenvalue weighted by Crippen LogP contribution is 2.28. The van der Waals surface area contributed by atoms with Gasteiger partial charge in [0, 0.05) is 6.20 Å². The van der Waals surface area contributed by atoms with Crippen molar-refractivity contribution in [3.8, 4) is 0 Å². The fraction of sp³-hybridized carbons (Fsp3) is 0.421. The van der Waals surface area contributed by atoms with E-state index in [1.807, 2.05) is 19.2 Å². The summed E-state index contributed by atoms with van der Waals surface area (Å²) in [5.41, 5.74) is 3.78. The molecule has 0 fully saturated rings. The van der Waals surface area contributed by atoms with Crippen molar-refractivity contribution in [1.29, 1.82) is 0 Å². The maximum Gasteiger partial charge on any atom is 0.0629 e. The standard InChI is InChI=1S/C19H26IN/c1-5-8-16(2)9-6-10-18-12-11-17(15-21-18)19(3,4)13-7-14-20/h5-6,8-12,15H,7,13-14H2,1-4H3/b8-5+,10-6+,16-9-. The molecular formula is C19H26IN. The third-order valence-electron chi connectivity index (χ3n) is 3.56. The Bertz CT molecular complexity index is 507. The Morgan fingerprint density at radius 3 is 2.67 bits per heavy atom. The van der Waals surface area contributed by atoms with Gasteiger partial charge in [-0.2, -0.15) is 0 Å². The fourth-order valence-corrected chi connectivity index (χ4v) is 2.56. The summed E-state index contributed by atoms with van der Waals surface area (Å²) in [5.74, 6) is 0. The lowest BCUT2D eigenvalue weighted by molar-refractivity contribution is 0.475. The number of alkyl halides is 1. The van der Waals surface area contributed by atoms with E-state index in [4.69, 9.17) is 0 Å². The van der Waals surface area contributed by atoms with Crippen LogP contribution in [-0.2, 0) is 5.41 Å². The Hall–Kier alpha value is -0.900. The second kappa shape index (κ2) is 9.19. The molecule has 0 spiro atoms. The molecule has 0 aliphatic heterocycles. The van der Waals surface area contributed by atoms with Crippen LogP contribution in [0.4, 0.5) is 0 Å². The van der Waals surface area contributed by atoms with Gasteiger partial charge in [-0.25, -0.2) is 0 Å². The minimum Gasteiger partial charge on any atom is -0.257 e. The van der Waals surface area contributed by atoms with Gasteiger partial charge in [-0.15, -0.1) is 0 Å². The first-order valence-electron chi connectivity index (χ1n) is 7.50. The second-order valence-electron chi connectivity index (χ2n) is 5.92. The van der Waals surface area contributed by atoms with E-state index in [0.29, 0.717) is 0 Å². The van der Waals surface area contributed by atoms with Crippen LogP contribution in [-0.4, -0.2) is 9.41 Å². The van der Waals surface area contributed by atoms with Crippen LogP contribution in [0.1, 0.15) is 51.8 Å². The first kappa shape index (κ1) is 18.1. The van der Waals surface area contributed by atoms with Crippen LogP contribution in [0.25, 0.3) is 6.08 Å². The molecule has 0 amide bonds. The molecule has 0 aromatic carbocycles. The number of rotatable bonds is 7. The van der Waals surface area contributed by atoms with Gasteiger partial charge in [0.15, 0.2) is 0 Å². The van der Waals surface area contributed by atoms with E-state index in [0.717, 1.165) is 5.69 Å². The van der Waals surface area contributed by atoms with Crippen LogP contribution in [0.15, 0.2) is 48.2 Å². The van der Waals surface area contributed by atoms with Gasteiger partial charge in [-0.1, -0.05) is 72.4 Å². The molecule has 0 aliphatic carbocycles. The van der Waals surface area contributed by atoms with Crippen LogP contribution >= 0.6 is 22.6 Å². The highest BCUT2D eigenvalue weighted by molar-refractivity contribution is 14.1. The lowest BCUT2D eigenvalue weighted by Gasteiger charge is -2.24. The fourth-order valence-electron chi connectivity index (χ4n) is 2.17. The summed E-state index contributed by atoms with van der Waals surface area (Å²) in [6.07, 6.45) is 14.8. The van der Waals surface area contributed by atoms with E-state index in [9.17, 15) is 0 Å². The van der Waals surface area contributed by atoms with Gasteiger partial charge >= 0.3 is 0 Å². The van der Waals surface area contributed by atoms with Crippen molar-refractivity contribution in [1.82, 2.24) is 4.98 Å². The molecule has 0 saturated carbocycles. The molecule has 114 valence electrons. The van der Waals surface area contributed by atoms with Gasteiger partial charge in [0.05, 0.1) is 5.69 Å². The molecule has 2 heteroatoms. The summed E-state index contributed by atoms with van der Waals surface area (Å²) in [6.45, 7) is 8.72. The third kappa shape index (κ3) is 6.60. The lowest BCUT2D eigenvalue weighted by atomic mass is 9.81. The molecule has 0 saturated heterocycles. The lowest BCUT2D eigenvalue weighted by Crippen LogP contribution is -2.17. The number of allylic oxidation sites excluding steroid dienone is 5. The van der Waals surface area contributed by atoms with Crippen molar-refractivity contribution in [2.45, 2.75) is 46.0 Å². The van der Waals surface area contributed by atoms with E-state index in [-0.39, 0.29) is 5.41 Å².